The number of ether oxygens (including phenoxy) is 2. The van der Waals surface area contributed by atoms with Gasteiger partial charge in [0.2, 0.25) is 11.9 Å². The number of carboxylic acid groups (broad SMARTS) is 1. The van der Waals surface area contributed by atoms with Crippen LogP contribution in [-0.2, 0) is 27.5 Å². The van der Waals surface area contributed by atoms with Crippen molar-refractivity contribution in [1.29, 1.82) is 5.41 Å². The Balaban J connectivity index is 1.65. The summed E-state index contributed by atoms with van der Waals surface area (Å²) in [6.07, 6.45) is -3.57. The standard InChI is InChI=1S/C24H25N7O11/c1-14(20(32)26-17-10-28(11-17)23(34)35)29(24(36)42-13-16-4-8-19(9-5-16)31(39)40)21(25)27-22(33)41-12-15-2-6-18(7-3-15)30(37)38/h2-9,14,17H,10-13H2,1H3,(H,26,32)(H,34,35)(H2,25,27,33)/t14-/m0/s1. The zero-order chi connectivity index (χ0) is 31.0. The summed E-state index contributed by atoms with van der Waals surface area (Å²) >= 11 is 0. The molecule has 1 saturated heterocycles. The Bertz CT molecular complexity index is 1380. The van der Waals surface area contributed by atoms with E-state index in [1.165, 1.54) is 55.5 Å². The molecule has 1 aliphatic rings. The fourth-order valence-corrected chi connectivity index (χ4v) is 3.59. The van der Waals surface area contributed by atoms with Crippen LogP contribution in [0.2, 0.25) is 0 Å². The van der Waals surface area contributed by atoms with E-state index < -0.39 is 58.7 Å². The zero-order valence-electron chi connectivity index (χ0n) is 21.9. The summed E-state index contributed by atoms with van der Waals surface area (Å²) in [4.78, 5) is 71.1. The number of alkyl carbamates (subject to hydrolysis) is 1. The molecule has 0 unspecified atom stereocenters. The van der Waals surface area contributed by atoms with E-state index in [0.29, 0.717) is 16.0 Å². The normalized spacial score (nSPS) is 13.1. The lowest BCUT2D eigenvalue weighted by atomic mass is 10.1. The SMILES string of the molecule is C[C@@H](C(=O)NC1CN(C(=O)O)C1)N(C(=N)NC(=O)OCc1ccc([N+](=O)[O-])cc1)C(=O)OCc1ccc([N+](=O)[O-])cc1. The van der Waals surface area contributed by atoms with E-state index in [4.69, 9.17) is 20.0 Å². The quantitative estimate of drug-likeness (QED) is 0.143. The molecule has 1 aliphatic heterocycles. The smallest absolute Gasteiger partial charge is 0.417 e. The third-order valence-corrected chi connectivity index (χ3v) is 5.95. The van der Waals surface area contributed by atoms with Crippen LogP contribution in [0.5, 0.6) is 0 Å². The number of amides is 4. The number of non-ortho nitro benzene ring substituents is 2. The molecule has 222 valence electrons. The van der Waals surface area contributed by atoms with Crippen molar-refractivity contribution in [1.82, 2.24) is 20.4 Å². The van der Waals surface area contributed by atoms with Gasteiger partial charge in [-0.3, -0.25) is 35.7 Å². The molecule has 3 rings (SSSR count). The molecule has 0 bridgehead atoms. The lowest BCUT2D eigenvalue weighted by molar-refractivity contribution is -0.385. The first-order chi connectivity index (χ1) is 19.8. The molecule has 0 aliphatic carbocycles. The Morgan fingerprint density at radius 2 is 1.45 bits per heavy atom. The molecule has 18 nitrogen and oxygen atoms in total. The Morgan fingerprint density at radius 3 is 1.90 bits per heavy atom. The number of hydrogen-bond acceptors (Lipinski definition) is 11. The molecule has 42 heavy (non-hydrogen) atoms. The monoisotopic (exact) mass is 587 g/mol. The van der Waals surface area contributed by atoms with Gasteiger partial charge in [-0.05, 0) is 42.3 Å². The summed E-state index contributed by atoms with van der Waals surface area (Å²) in [5.41, 5.74) is 0.395. The second-order valence-corrected chi connectivity index (χ2v) is 8.89. The molecule has 1 atom stereocenters. The number of nitro benzene ring substituents is 2. The molecule has 1 fully saturated rings. The largest absolute Gasteiger partial charge is 0.465 e. The molecule has 4 N–H and O–H groups in total. The maximum atomic E-state index is 13.0. The Hall–Kier alpha value is -5.81. The van der Waals surface area contributed by atoms with Crippen molar-refractivity contribution in [2.45, 2.75) is 32.2 Å². The molecule has 1 heterocycles. The van der Waals surface area contributed by atoms with Gasteiger partial charge in [-0.1, -0.05) is 0 Å². The highest BCUT2D eigenvalue weighted by Crippen LogP contribution is 2.15. The summed E-state index contributed by atoms with van der Waals surface area (Å²) in [5, 5.41) is 43.4. The number of rotatable bonds is 9. The summed E-state index contributed by atoms with van der Waals surface area (Å²) in [5.74, 6) is -1.66. The van der Waals surface area contributed by atoms with Gasteiger partial charge in [-0.2, -0.15) is 0 Å². The van der Waals surface area contributed by atoms with Crippen LogP contribution in [-0.4, -0.2) is 80.1 Å². The Labute approximate surface area is 236 Å². The number of nitrogens with one attached hydrogen (secondary N) is 3. The summed E-state index contributed by atoms with van der Waals surface area (Å²) in [7, 11) is 0. The first-order valence-electron chi connectivity index (χ1n) is 12.1. The van der Waals surface area contributed by atoms with Gasteiger partial charge in [-0.25, -0.2) is 19.3 Å². The fraction of sp³-hybridized carbons (Fsp3) is 0.292. The van der Waals surface area contributed by atoms with Crippen molar-refractivity contribution < 1.29 is 43.6 Å². The summed E-state index contributed by atoms with van der Waals surface area (Å²) in [6.45, 7) is 0.551. The fourth-order valence-electron chi connectivity index (χ4n) is 3.59. The second kappa shape index (κ2) is 13.5. The molecule has 2 aromatic rings. The van der Waals surface area contributed by atoms with Crippen LogP contribution >= 0.6 is 0 Å². The lowest BCUT2D eigenvalue weighted by Gasteiger charge is -2.38. The molecule has 0 saturated carbocycles. The minimum Gasteiger partial charge on any atom is -0.465 e. The van der Waals surface area contributed by atoms with Crippen LogP contribution in [0.4, 0.5) is 25.8 Å². The number of carbonyl (C=O) groups is 4. The number of likely N-dealkylation sites (tertiary alicyclic amines) is 1. The van der Waals surface area contributed by atoms with Gasteiger partial charge in [0.15, 0.2) is 0 Å². The highest BCUT2D eigenvalue weighted by molar-refractivity contribution is 6.03. The van der Waals surface area contributed by atoms with E-state index in [2.05, 4.69) is 5.32 Å². The van der Waals surface area contributed by atoms with Crippen molar-refractivity contribution in [2.75, 3.05) is 13.1 Å². The predicted octanol–water partition coefficient (Wildman–Crippen LogP) is 2.17. The Kier molecular flexibility index (Phi) is 9.88. The van der Waals surface area contributed by atoms with Gasteiger partial charge in [0.25, 0.3) is 11.4 Å². The van der Waals surface area contributed by atoms with E-state index in [1.807, 2.05) is 5.32 Å². The van der Waals surface area contributed by atoms with Gasteiger partial charge in [0.05, 0.1) is 15.9 Å². The summed E-state index contributed by atoms with van der Waals surface area (Å²) < 4.78 is 10.2. The van der Waals surface area contributed by atoms with Crippen molar-refractivity contribution in [3.63, 3.8) is 0 Å². The molecular formula is C24H25N7O11. The number of guanidine groups is 1. The maximum absolute atomic E-state index is 13.0. The van der Waals surface area contributed by atoms with Crippen molar-refractivity contribution >= 4 is 41.5 Å². The van der Waals surface area contributed by atoms with E-state index in [1.54, 1.807) is 0 Å². The molecular weight excluding hydrogens is 562 g/mol. The number of benzene rings is 2. The van der Waals surface area contributed by atoms with Gasteiger partial charge in [0.1, 0.15) is 19.3 Å². The maximum Gasteiger partial charge on any atom is 0.417 e. The molecule has 18 heteroatoms. The van der Waals surface area contributed by atoms with Crippen molar-refractivity contribution in [3.8, 4) is 0 Å². The van der Waals surface area contributed by atoms with E-state index in [9.17, 15) is 39.4 Å². The van der Waals surface area contributed by atoms with Crippen LogP contribution in [0.3, 0.4) is 0 Å². The van der Waals surface area contributed by atoms with Crippen LogP contribution < -0.4 is 10.6 Å². The van der Waals surface area contributed by atoms with Crippen molar-refractivity contribution in [3.05, 3.63) is 79.9 Å². The van der Waals surface area contributed by atoms with E-state index in [-0.39, 0.29) is 31.1 Å². The first-order valence-corrected chi connectivity index (χ1v) is 12.1. The highest BCUT2D eigenvalue weighted by Gasteiger charge is 2.36. The molecule has 0 aromatic heterocycles. The average molecular weight is 588 g/mol. The van der Waals surface area contributed by atoms with Crippen LogP contribution in [0.25, 0.3) is 0 Å². The van der Waals surface area contributed by atoms with Crippen LogP contribution in [0.1, 0.15) is 18.1 Å². The number of hydrogen-bond donors (Lipinski definition) is 4. The minimum absolute atomic E-state index is 0.0169. The van der Waals surface area contributed by atoms with Gasteiger partial charge < -0.3 is 24.8 Å². The Morgan fingerprint density at radius 1 is 0.976 bits per heavy atom. The molecule has 2 aromatic carbocycles. The third kappa shape index (κ3) is 8.10. The number of nitro groups is 2. The van der Waals surface area contributed by atoms with E-state index in [0.717, 1.165) is 4.90 Å². The molecule has 0 spiro atoms. The van der Waals surface area contributed by atoms with Crippen molar-refractivity contribution in [2.24, 2.45) is 0 Å². The second-order valence-electron chi connectivity index (χ2n) is 8.89. The predicted molar refractivity (Wildman–Crippen MR) is 140 cm³/mol. The zero-order valence-corrected chi connectivity index (χ0v) is 21.9. The topological polar surface area (TPSA) is 248 Å². The lowest BCUT2D eigenvalue weighted by Crippen LogP contribution is -2.64. The van der Waals surface area contributed by atoms with E-state index >= 15 is 0 Å². The minimum atomic E-state index is -1.42. The highest BCUT2D eigenvalue weighted by atomic mass is 16.6. The molecule has 0 radical (unpaired) electrons. The van der Waals surface area contributed by atoms with Gasteiger partial charge in [-0.15, -0.1) is 0 Å². The van der Waals surface area contributed by atoms with Crippen LogP contribution in [0.15, 0.2) is 48.5 Å². The summed E-state index contributed by atoms with van der Waals surface area (Å²) in [6, 6.07) is 8.25. The first kappa shape index (κ1) is 30.7. The van der Waals surface area contributed by atoms with Gasteiger partial charge in [0, 0.05) is 37.4 Å². The number of nitrogens with zero attached hydrogens (tertiary/aromatic N) is 4. The molecule has 4 amide bonds. The number of carbonyl (C=O) groups excluding carboxylic acids is 3. The average Bonchev–Trinajstić information content (AvgIpc) is 2.92. The van der Waals surface area contributed by atoms with Gasteiger partial charge >= 0.3 is 18.3 Å². The third-order valence-electron chi connectivity index (χ3n) is 5.95. The van der Waals surface area contributed by atoms with Crippen LogP contribution in [0, 0.1) is 25.6 Å².